The van der Waals surface area contributed by atoms with Crippen LogP contribution >= 0.6 is 0 Å². The Morgan fingerprint density at radius 2 is 2.12 bits per heavy atom. The van der Waals surface area contributed by atoms with E-state index in [-0.39, 0.29) is 0 Å². The van der Waals surface area contributed by atoms with Crippen molar-refractivity contribution >= 4 is 5.91 Å². The number of hydrogen-bond acceptors (Lipinski definition) is 2. The molecule has 1 saturated heterocycles. The van der Waals surface area contributed by atoms with Gasteiger partial charge in [-0.3, -0.25) is 4.79 Å². The van der Waals surface area contributed by atoms with Gasteiger partial charge >= 0.3 is 0 Å². The number of carbonyl (C=O) groups excluding carboxylic acids is 1. The average Bonchev–Trinajstić information content (AvgIpc) is 2.29. The highest BCUT2D eigenvalue weighted by Gasteiger charge is 2.20. The SMILES string of the molecule is CCCNC(CCC)CN1CCCCC1=O. The van der Waals surface area contributed by atoms with E-state index < -0.39 is 0 Å². The largest absolute Gasteiger partial charge is 0.341 e. The van der Waals surface area contributed by atoms with Crippen molar-refractivity contribution in [3.8, 4) is 0 Å². The Morgan fingerprint density at radius 3 is 2.75 bits per heavy atom. The normalized spacial score (nSPS) is 18.9. The Bertz CT molecular complexity index is 206. The van der Waals surface area contributed by atoms with E-state index in [1.165, 1.54) is 19.3 Å². The lowest BCUT2D eigenvalue weighted by Crippen LogP contribution is -2.45. The summed E-state index contributed by atoms with van der Waals surface area (Å²) in [5.41, 5.74) is 0. The summed E-state index contributed by atoms with van der Waals surface area (Å²) in [5.74, 6) is 0.352. The first-order valence-corrected chi connectivity index (χ1v) is 6.79. The molecule has 0 aromatic heterocycles. The molecule has 0 radical (unpaired) electrons. The van der Waals surface area contributed by atoms with Crippen LogP contribution in [-0.4, -0.2) is 36.5 Å². The van der Waals surface area contributed by atoms with Gasteiger partial charge in [0.15, 0.2) is 0 Å². The van der Waals surface area contributed by atoms with Gasteiger partial charge in [-0.2, -0.15) is 0 Å². The molecule has 1 N–H and O–H groups in total. The highest BCUT2D eigenvalue weighted by Crippen LogP contribution is 2.12. The molecule has 1 unspecified atom stereocenters. The fraction of sp³-hybridized carbons (Fsp3) is 0.923. The molecular formula is C13H26N2O. The lowest BCUT2D eigenvalue weighted by atomic mass is 10.1. The molecule has 0 aromatic carbocycles. The van der Waals surface area contributed by atoms with E-state index in [1.807, 2.05) is 4.90 Å². The maximum absolute atomic E-state index is 11.7. The fourth-order valence-electron chi connectivity index (χ4n) is 2.28. The van der Waals surface area contributed by atoms with Crippen molar-refractivity contribution in [3.63, 3.8) is 0 Å². The van der Waals surface area contributed by atoms with Crippen molar-refractivity contribution in [3.05, 3.63) is 0 Å². The Kier molecular flexibility index (Phi) is 6.46. The molecule has 16 heavy (non-hydrogen) atoms. The smallest absolute Gasteiger partial charge is 0.222 e. The van der Waals surface area contributed by atoms with Crippen molar-refractivity contribution in [2.75, 3.05) is 19.6 Å². The zero-order valence-electron chi connectivity index (χ0n) is 10.8. The summed E-state index contributed by atoms with van der Waals surface area (Å²) >= 11 is 0. The van der Waals surface area contributed by atoms with Crippen LogP contribution < -0.4 is 5.32 Å². The van der Waals surface area contributed by atoms with E-state index in [1.54, 1.807) is 0 Å². The summed E-state index contributed by atoms with van der Waals surface area (Å²) in [5, 5.41) is 3.54. The van der Waals surface area contributed by atoms with Crippen molar-refractivity contribution in [2.24, 2.45) is 0 Å². The third-order valence-electron chi connectivity index (χ3n) is 3.18. The molecule has 0 spiro atoms. The Hall–Kier alpha value is -0.570. The van der Waals surface area contributed by atoms with E-state index in [9.17, 15) is 4.79 Å². The average molecular weight is 226 g/mol. The van der Waals surface area contributed by atoms with Crippen LogP contribution in [0, 0.1) is 0 Å². The zero-order chi connectivity index (χ0) is 11.8. The van der Waals surface area contributed by atoms with Gasteiger partial charge in [0.2, 0.25) is 5.91 Å². The third kappa shape index (κ3) is 4.52. The Balaban J connectivity index is 2.36. The molecule has 3 nitrogen and oxygen atoms in total. The van der Waals surface area contributed by atoms with Gasteiger partial charge in [0, 0.05) is 25.6 Å². The van der Waals surface area contributed by atoms with Crippen LogP contribution in [0.3, 0.4) is 0 Å². The van der Waals surface area contributed by atoms with E-state index in [2.05, 4.69) is 19.2 Å². The summed E-state index contributed by atoms with van der Waals surface area (Å²) < 4.78 is 0. The molecule has 0 aromatic rings. The zero-order valence-corrected chi connectivity index (χ0v) is 10.8. The molecule has 1 aliphatic rings. The maximum Gasteiger partial charge on any atom is 0.222 e. The number of carbonyl (C=O) groups is 1. The molecule has 0 saturated carbocycles. The van der Waals surface area contributed by atoms with E-state index in [4.69, 9.17) is 0 Å². The maximum atomic E-state index is 11.7. The number of piperidine rings is 1. The van der Waals surface area contributed by atoms with Crippen molar-refractivity contribution in [2.45, 2.75) is 58.4 Å². The molecule has 94 valence electrons. The molecule has 0 aliphatic carbocycles. The van der Waals surface area contributed by atoms with Crippen LogP contribution in [0.2, 0.25) is 0 Å². The first-order valence-electron chi connectivity index (χ1n) is 6.79. The third-order valence-corrected chi connectivity index (χ3v) is 3.18. The van der Waals surface area contributed by atoms with E-state index in [0.717, 1.165) is 38.9 Å². The first-order chi connectivity index (χ1) is 7.77. The molecule has 1 amide bonds. The van der Waals surface area contributed by atoms with Gasteiger partial charge in [-0.25, -0.2) is 0 Å². The van der Waals surface area contributed by atoms with Gasteiger partial charge in [0.25, 0.3) is 0 Å². The van der Waals surface area contributed by atoms with Gasteiger partial charge < -0.3 is 10.2 Å². The van der Waals surface area contributed by atoms with Gasteiger partial charge in [0.1, 0.15) is 0 Å². The van der Waals surface area contributed by atoms with Crippen LogP contribution in [0.1, 0.15) is 52.4 Å². The Morgan fingerprint density at radius 1 is 1.31 bits per heavy atom. The van der Waals surface area contributed by atoms with Crippen LogP contribution in [0.25, 0.3) is 0 Å². The van der Waals surface area contributed by atoms with E-state index in [0.29, 0.717) is 11.9 Å². The highest BCUT2D eigenvalue weighted by atomic mass is 16.2. The number of nitrogens with zero attached hydrogens (tertiary/aromatic N) is 1. The molecule has 1 atom stereocenters. The predicted molar refractivity (Wildman–Crippen MR) is 67.4 cm³/mol. The first kappa shape index (κ1) is 13.5. The highest BCUT2D eigenvalue weighted by molar-refractivity contribution is 5.76. The number of likely N-dealkylation sites (tertiary alicyclic amines) is 1. The fourth-order valence-corrected chi connectivity index (χ4v) is 2.28. The van der Waals surface area contributed by atoms with Crippen molar-refractivity contribution in [1.82, 2.24) is 10.2 Å². The summed E-state index contributed by atoms with van der Waals surface area (Å²) in [7, 11) is 0. The summed E-state index contributed by atoms with van der Waals surface area (Å²) in [4.78, 5) is 13.8. The number of nitrogens with one attached hydrogen (secondary N) is 1. The van der Waals surface area contributed by atoms with Gasteiger partial charge in [-0.05, 0) is 32.2 Å². The molecule has 1 fully saturated rings. The second-order valence-electron chi connectivity index (χ2n) is 4.74. The predicted octanol–water partition coefficient (Wildman–Crippen LogP) is 2.17. The summed E-state index contributed by atoms with van der Waals surface area (Å²) in [6.07, 6.45) is 6.53. The van der Waals surface area contributed by atoms with Crippen LogP contribution in [0.5, 0.6) is 0 Å². The minimum absolute atomic E-state index is 0.352. The lowest BCUT2D eigenvalue weighted by Gasteiger charge is -2.31. The van der Waals surface area contributed by atoms with Crippen molar-refractivity contribution < 1.29 is 4.79 Å². The number of rotatable bonds is 7. The minimum atomic E-state index is 0.352. The van der Waals surface area contributed by atoms with E-state index >= 15 is 0 Å². The molecular weight excluding hydrogens is 200 g/mol. The van der Waals surface area contributed by atoms with Gasteiger partial charge in [0.05, 0.1) is 0 Å². The standard InChI is InChI=1S/C13H26N2O/c1-3-7-12(14-9-4-2)11-15-10-6-5-8-13(15)16/h12,14H,3-11H2,1-2H3. The number of amides is 1. The second-order valence-corrected chi connectivity index (χ2v) is 4.74. The van der Waals surface area contributed by atoms with Crippen LogP contribution in [-0.2, 0) is 4.79 Å². The monoisotopic (exact) mass is 226 g/mol. The molecule has 1 rings (SSSR count). The lowest BCUT2D eigenvalue weighted by molar-refractivity contribution is -0.133. The quantitative estimate of drug-likeness (QED) is 0.721. The van der Waals surface area contributed by atoms with Gasteiger partial charge in [-0.1, -0.05) is 20.3 Å². The second kappa shape index (κ2) is 7.66. The van der Waals surface area contributed by atoms with Crippen LogP contribution in [0.4, 0.5) is 0 Å². The topological polar surface area (TPSA) is 32.3 Å². The molecule has 1 aliphatic heterocycles. The molecule has 3 heteroatoms. The Labute approximate surface area is 99.6 Å². The molecule has 1 heterocycles. The van der Waals surface area contributed by atoms with Crippen LogP contribution in [0.15, 0.2) is 0 Å². The molecule has 0 bridgehead atoms. The van der Waals surface area contributed by atoms with Crippen molar-refractivity contribution in [1.29, 1.82) is 0 Å². The summed E-state index contributed by atoms with van der Waals surface area (Å²) in [6.45, 7) is 7.33. The number of hydrogen-bond donors (Lipinski definition) is 1. The van der Waals surface area contributed by atoms with Gasteiger partial charge in [-0.15, -0.1) is 0 Å². The minimum Gasteiger partial charge on any atom is -0.341 e. The summed E-state index contributed by atoms with van der Waals surface area (Å²) in [6, 6.07) is 0.493.